The molecule has 0 heterocycles. The highest BCUT2D eigenvalue weighted by atomic mass is 79.9. The van der Waals surface area contributed by atoms with Gasteiger partial charge in [0.2, 0.25) is 5.91 Å². The number of aryl methyl sites for hydroxylation is 1. The molecule has 2 aromatic rings. The fourth-order valence-electron chi connectivity index (χ4n) is 3.06. The maximum atomic E-state index is 13.3. The summed E-state index contributed by atoms with van der Waals surface area (Å²) >= 11 is 3.44. The Morgan fingerprint density at radius 3 is 2.42 bits per heavy atom. The fraction of sp³-hybridized carbons (Fsp3) is 0.417. The predicted molar refractivity (Wildman–Crippen MR) is 123 cm³/mol. The minimum atomic E-state index is -0.647. The lowest BCUT2D eigenvalue weighted by Crippen LogP contribution is -2.50. The van der Waals surface area contributed by atoms with Gasteiger partial charge in [0.05, 0.1) is 0 Å². The predicted octanol–water partition coefficient (Wildman–Crippen LogP) is 4.86. The lowest BCUT2D eigenvalue weighted by atomic mass is 10.1. The van der Waals surface area contributed by atoms with Crippen LogP contribution < -0.4 is 10.1 Å². The molecule has 0 saturated carbocycles. The Bertz CT molecular complexity index is 887. The van der Waals surface area contributed by atoms with Crippen molar-refractivity contribution in [3.63, 3.8) is 0 Å². The molecule has 2 amide bonds. The number of carbonyl (C=O) groups is 2. The van der Waals surface area contributed by atoms with E-state index in [4.69, 9.17) is 4.74 Å². The van der Waals surface area contributed by atoms with Gasteiger partial charge in [-0.2, -0.15) is 0 Å². The number of nitrogens with one attached hydrogen (secondary N) is 1. The van der Waals surface area contributed by atoms with Crippen LogP contribution in [0.25, 0.3) is 0 Å². The third-order valence-electron chi connectivity index (χ3n) is 4.83. The van der Waals surface area contributed by atoms with Crippen molar-refractivity contribution in [2.75, 3.05) is 13.2 Å². The molecule has 1 N–H and O–H groups in total. The zero-order valence-corrected chi connectivity index (χ0v) is 20.0. The molecule has 2 aromatic carbocycles. The van der Waals surface area contributed by atoms with Crippen LogP contribution in [-0.2, 0) is 16.1 Å². The van der Waals surface area contributed by atoms with Gasteiger partial charge in [0.15, 0.2) is 6.61 Å². The summed E-state index contributed by atoms with van der Waals surface area (Å²) in [6.07, 6.45) is 0.453. The summed E-state index contributed by atoms with van der Waals surface area (Å²) in [5, 5.41) is 2.91. The first-order chi connectivity index (χ1) is 14.7. The van der Waals surface area contributed by atoms with E-state index in [1.165, 1.54) is 17.0 Å². The van der Waals surface area contributed by atoms with Gasteiger partial charge in [0.25, 0.3) is 5.91 Å². The van der Waals surface area contributed by atoms with Crippen LogP contribution in [0.3, 0.4) is 0 Å². The van der Waals surface area contributed by atoms with E-state index < -0.39 is 6.04 Å². The van der Waals surface area contributed by atoms with Crippen molar-refractivity contribution in [2.24, 2.45) is 5.92 Å². The van der Waals surface area contributed by atoms with Crippen LogP contribution in [-0.4, -0.2) is 35.9 Å². The van der Waals surface area contributed by atoms with Gasteiger partial charge in [-0.05, 0) is 60.7 Å². The molecule has 2 rings (SSSR count). The van der Waals surface area contributed by atoms with Crippen molar-refractivity contribution in [3.05, 3.63) is 63.9 Å². The molecule has 0 aliphatic carbocycles. The first-order valence-corrected chi connectivity index (χ1v) is 11.2. The first-order valence-electron chi connectivity index (χ1n) is 10.4. The topological polar surface area (TPSA) is 58.6 Å². The van der Waals surface area contributed by atoms with Crippen molar-refractivity contribution in [1.82, 2.24) is 10.2 Å². The van der Waals surface area contributed by atoms with Crippen molar-refractivity contribution < 1.29 is 18.7 Å². The number of amides is 2. The third kappa shape index (κ3) is 7.65. The molecule has 0 aromatic heterocycles. The molecule has 0 spiro atoms. The summed E-state index contributed by atoms with van der Waals surface area (Å²) in [7, 11) is 0. The highest BCUT2D eigenvalue weighted by Crippen LogP contribution is 2.22. The van der Waals surface area contributed by atoms with Crippen LogP contribution >= 0.6 is 15.9 Å². The maximum Gasteiger partial charge on any atom is 0.261 e. The van der Waals surface area contributed by atoms with Crippen LogP contribution in [0.15, 0.2) is 46.9 Å². The molecular formula is C24H30BrFN2O3. The number of nitrogens with zero attached hydrogens (tertiary/aromatic N) is 1. The van der Waals surface area contributed by atoms with E-state index in [0.29, 0.717) is 24.6 Å². The lowest BCUT2D eigenvalue weighted by molar-refractivity contribution is -0.143. The summed E-state index contributed by atoms with van der Waals surface area (Å²) in [6, 6.07) is 10.8. The number of hydrogen-bond donors (Lipinski definition) is 1. The summed E-state index contributed by atoms with van der Waals surface area (Å²) in [5.74, 6) is 0.0136. The summed E-state index contributed by atoms with van der Waals surface area (Å²) < 4.78 is 20.0. The van der Waals surface area contributed by atoms with Gasteiger partial charge in [-0.15, -0.1) is 0 Å². The van der Waals surface area contributed by atoms with Gasteiger partial charge in [0.1, 0.15) is 17.6 Å². The maximum absolute atomic E-state index is 13.3. The number of carbonyl (C=O) groups excluding carboxylic acids is 2. The molecule has 0 bridgehead atoms. The molecule has 168 valence electrons. The zero-order valence-electron chi connectivity index (χ0n) is 18.5. The van der Waals surface area contributed by atoms with E-state index in [1.807, 2.05) is 39.8 Å². The number of rotatable bonds is 10. The second-order valence-corrected chi connectivity index (χ2v) is 8.77. The Hall–Kier alpha value is -2.41. The summed E-state index contributed by atoms with van der Waals surface area (Å²) in [4.78, 5) is 27.4. The molecule has 0 aliphatic heterocycles. The van der Waals surface area contributed by atoms with Crippen molar-refractivity contribution in [1.29, 1.82) is 0 Å². The molecule has 31 heavy (non-hydrogen) atoms. The van der Waals surface area contributed by atoms with E-state index in [0.717, 1.165) is 15.6 Å². The molecule has 0 radical (unpaired) electrons. The van der Waals surface area contributed by atoms with E-state index in [1.54, 1.807) is 18.2 Å². The SMILES string of the molecule is CC[C@@H](C(=O)NCC(C)C)N(Cc1ccc(F)cc1)C(=O)COc1ccc(Br)c(C)c1. The molecule has 7 heteroatoms. The second-order valence-electron chi connectivity index (χ2n) is 7.91. The Balaban J connectivity index is 2.19. The minimum Gasteiger partial charge on any atom is -0.484 e. The van der Waals surface area contributed by atoms with Crippen LogP contribution in [0.1, 0.15) is 38.3 Å². The third-order valence-corrected chi connectivity index (χ3v) is 5.72. The highest BCUT2D eigenvalue weighted by molar-refractivity contribution is 9.10. The molecule has 0 fully saturated rings. The Kier molecular flexibility index (Phi) is 9.49. The van der Waals surface area contributed by atoms with Gasteiger partial charge in [-0.25, -0.2) is 4.39 Å². The lowest BCUT2D eigenvalue weighted by Gasteiger charge is -2.30. The van der Waals surface area contributed by atoms with Crippen LogP contribution in [0.2, 0.25) is 0 Å². The molecule has 0 unspecified atom stereocenters. The van der Waals surface area contributed by atoms with Gasteiger partial charge in [0, 0.05) is 17.6 Å². The first kappa shape index (κ1) is 24.9. The van der Waals surface area contributed by atoms with Gasteiger partial charge < -0.3 is 15.0 Å². The summed E-state index contributed by atoms with van der Waals surface area (Å²) in [6.45, 7) is 8.34. The Morgan fingerprint density at radius 1 is 1.16 bits per heavy atom. The number of halogens is 2. The largest absolute Gasteiger partial charge is 0.484 e. The van der Waals surface area contributed by atoms with Crippen molar-refractivity contribution >= 4 is 27.7 Å². The average Bonchev–Trinajstić information content (AvgIpc) is 2.74. The molecule has 1 atom stereocenters. The van der Waals surface area contributed by atoms with Crippen molar-refractivity contribution in [3.8, 4) is 5.75 Å². The molecule has 5 nitrogen and oxygen atoms in total. The molecular weight excluding hydrogens is 463 g/mol. The number of ether oxygens (including phenoxy) is 1. The minimum absolute atomic E-state index is 0.190. The number of benzene rings is 2. The monoisotopic (exact) mass is 492 g/mol. The van der Waals surface area contributed by atoms with E-state index >= 15 is 0 Å². The molecule has 0 saturated heterocycles. The Morgan fingerprint density at radius 2 is 1.84 bits per heavy atom. The zero-order chi connectivity index (χ0) is 23.0. The Labute approximate surface area is 192 Å². The summed E-state index contributed by atoms with van der Waals surface area (Å²) in [5.41, 5.74) is 1.73. The van der Waals surface area contributed by atoms with Crippen molar-refractivity contribution in [2.45, 2.75) is 46.7 Å². The van der Waals surface area contributed by atoms with E-state index in [2.05, 4.69) is 21.2 Å². The van der Waals surface area contributed by atoms with E-state index in [9.17, 15) is 14.0 Å². The average molecular weight is 493 g/mol. The van der Waals surface area contributed by atoms with Crippen LogP contribution in [0, 0.1) is 18.7 Å². The van der Waals surface area contributed by atoms with Gasteiger partial charge >= 0.3 is 0 Å². The quantitative estimate of drug-likeness (QED) is 0.515. The van der Waals surface area contributed by atoms with Gasteiger partial charge in [-0.3, -0.25) is 9.59 Å². The normalized spacial score (nSPS) is 11.8. The smallest absolute Gasteiger partial charge is 0.261 e. The fourth-order valence-corrected chi connectivity index (χ4v) is 3.31. The van der Waals surface area contributed by atoms with Crippen LogP contribution in [0.5, 0.6) is 5.75 Å². The number of hydrogen-bond acceptors (Lipinski definition) is 3. The standard InChI is InChI=1S/C24H30BrFN2O3/c1-5-22(24(30)27-13-16(2)3)28(14-18-6-8-19(26)9-7-18)23(29)15-31-20-10-11-21(25)17(4)12-20/h6-12,16,22H,5,13-15H2,1-4H3,(H,27,30)/t22-/m0/s1. The highest BCUT2D eigenvalue weighted by Gasteiger charge is 2.29. The van der Waals surface area contributed by atoms with Gasteiger partial charge in [-0.1, -0.05) is 48.8 Å². The molecule has 0 aliphatic rings. The van der Waals surface area contributed by atoms with E-state index in [-0.39, 0.29) is 30.8 Å². The second kappa shape index (κ2) is 11.8. The van der Waals surface area contributed by atoms with Crippen LogP contribution in [0.4, 0.5) is 4.39 Å².